The highest BCUT2D eigenvalue weighted by atomic mass is 32.2. The normalized spacial score (nSPS) is 12.9. The Morgan fingerprint density at radius 1 is 1.88 bits per heavy atom. The molecule has 0 fully saturated rings. The minimum absolute atomic E-state index is 0.389. The van der Waals surface area contributed by atoms with Crippen molar-refractivity contribution in [1.82, 2.24) is 4.47 Å². The van der Waals surface area contributed by atoms with Gasteiger partial charge < -0.3 is 4.55 Å². The Bertz CT molecular complexity index is 109. The summed E-state index contributed by atoms with van der Waals surface area (Å²) < 4.78 is 18.8. The molecule has 5 nitrogen and oxygen atoms in total. The number of carbonyl (C=O) groups excluding carboxylic acids is 1. The highest BCUT2D eigenvalue weighted by Crippen LogP contribution is 1.83. The molecule has 1 unspecified atom stereocenters. The zero-order valence-corrected chi connectivity index (χ0v) is 4.84. The lowest BCUT2D eigenvalue weighted by molar-refractivity contribution is -0.143. The lowest BCUT2D eigenvalue weighted by Crippen LogP contribution is -2.26. The van der Waals surface area contributed by atoms with Crippen molar-refractivity contribution in [2.24, 2.45) is 0 Å². The molecule has 0 aromatic carbocycles. The van der Waals surface area contributed by atoms with E-state index in [4.69, 9.17) is 5.21 Å². The van der Waals surface area contributed by atoms with Crippen LogP contribution in [0.1, 0.15) is 6.92 Å². The summed E-state index contributed by atoms with van der Waals surface area (Å²) in [5.41, 5.74) is 0. The third-order valence-corrected chi connectivity index (χ3v) is 0.950. The number of amides is 1. The Labute approximate surface area is 48.3 Å². The molecule has 0 aliphatic heterocycles. The molecule has 1 amide bonds. The minimum Gasteiger partial charge on any atom is -0.753 e. The van der Waals surface area contributed by atoms with E-state index in [-0.39, 0.29) is 4.47 Å². The molecule has 0 saturated heterocycles. The fraction of sp³-hybridized carbons (Fsp3) is 0.500. The number of rotatable bonds is 1. The molecule has 0 aliphatic carbocycles. The summed E-state index contributed by atoms with van der Waals surface area (Å²) in [6.07, 6.45) is 0. The Kier molecular flexibility index (Phi) is 2.59. The van der Waals surface area contributed by atoms with Crippen LogP contribution < -0.4 is 0 Å². The first-order valence-electron chi connectivity index (χ1n) is 1.64. The molecule has 0 radical (unpaired) electrons. The van der Waals surface area contributed by atoms with Crippen molar-refractivity contribution in [3.63, 3.8) is 0 Å². The number of hydrogen-bond donors (Lipinski definition) is 1. The quantitative estimate of drug-likeness (QED) is 0.287. The van der Waals surface area contributed by atoms with Gasteiger partial charge in [0.05, 0.1) is 11.3 Å². The fourth-order valence-electron chi connectivity index (χ4n) is 0.105. The van der Waals surface area contributed by atoms with Crippen molar-refractivity contribution in [2.75, 3.05) is 0 Å². The fourth-order valence-corrected chi connectivity index (χ4v) is 0.315. The van der Waals surface area contributed by atoms with E-state index in [9.17, 15) is 13.6 Å². The van der Waals surface area contributed by atoms with E-state index < -0.39 is 17.2 Å². The highest BCUT2D eigenvalue weighted by Gasteiger charge is 2.01. The van der Waals surface area contributed by atoms with Crippen molar-refractivity contribution in [3.8, 4) is 0 Å². The number of carbonyl (C=O) groups is 1. The van der Waals surface area contributed by atoms with Gasteiger partial charge in [0.2, 0.25) is 0 Å². The number of hydroxylamine groups is 1. The number of hydrogen-bond acceptors (Lipinski definition) is 4. The molecule has 0 rings (SSSR count). The predicted octanol–water partition coefficient (Wildman–Crippen LogP) is -0.982. The van der Waals surface area contributed by atoms with Crippen LogP contribution in [0.4, 0.5) is 0 Å². The SMILES string of the molecule is CC(=O)N(O)S(=O)[O-]. The summed E-state index contributed by atoms with van der Waals surface area (Å²) in [6.45, 7) is 0.926. The van der Waals surface area contributed by atoms with E-state index in [1.807, 2.05) is 0 Å². The van der Waals surface area contributed by atoms with E-state index in [2.05, 4.69) is 0 Å². The lowest BCUT2D eigenvalue weighted by atomic mass is 10.8. The van der Waals surface area contributed by atoms with Crippen LogP contribution in [0, 0.1) is 0 Å². The van der Waals surface area contributed by atoms with Gasteiger partial charge >= 0.3 is 0 Å². The summed E-state index contributed by atoms with van der Waals surface area (Å²) in [6, 6.07) is 0. The molecule has 8 heavy (non-hydrogen) atoms. The summed E-state index contributed by atoms with van der Waals surface area (Å²) >= 11 is -2.85. The van der Waals surface area contributed by atoms with E-state index in [1.54, 1.807) is 0 Å². The molecule has 0 heterocycles. The first-order valence-corrected chi connectivity index (χ1v) is 2.68. The zero-order chi connectivity index (χ0) is 6.73. The topological polar surface area (TPSA) is 80.7 Å². The van der Waals surface area contributed by atoms with Gasteiger partial charge in [0.1, 0.15) is 0 Å². The summed E-state index contributed by atoms with van der Waals surface area (Å²) in [5, 5.41) is 8.07. The average molecular weight is 138 g/mol. The molecular weight excluding hydrogens is 134 g/mol. The maximum Gasteiger partial charge on any atom is 0.254 e. The molecule has 0 aromatic heterocycles. The van der Waals surface area contributed by atoms with Gasteiger partial charge in [-0.1, -0.05) is 0 Å². The van der Waals surface area contributed by atoms with Crippen LogP contribution in [0.15, 0.2) is 0 Å². The van der Waals surface area contributed by atoms with Gasteiger partial charge in [-0.15, -0.1) is 4.47 Å². The minimum atomic E-state index is -2.85. The zero-order valence-electron chi connectivity index (χ0n) is 4.03. The van der Waals surface area contributed by atoms with Gasteiger partial charge in [0, 0.05) is 6.92 Å². The third-order valence-electron chi connectivity index (χ3n) is 0.411. The van der Waals surface area contributed by atoms with Crippen molar-refractivity contribution in [1.29, 1.82) is 0 Å². The maximum atomic E-state index is 9.87. The predicted molar refractivity (Wildman–Crippen MR) is 23.2 cm³/mol. The van der Waals surface area contributed by atoms with Crippen LogP contribution in [0.25, 0.3) is 0 Å². The number of nitrogens with zero attached hydrogens (tertiary/aromatic N) is 1. The average Bonchev–Trinajstić information content (AvgIpc) is 1.64. The molecule has 1 N–H and O–H groups in total. The summed E-state index contributed by atoms with van der Waals surface area (Å²) in [4.78, 5) is 9.87. The Hall–Kier alpha value is -0.460. The second kappa shape index (κ2) is 2.75. The van der Waals surface area contributed by atoms with E-state index >= 15 is 0 Å². The first-order chi connectivity index (χ1) is 3.55. The van der Waals surface area contributed by atoms with Crippen LogP contribution in [-0.4, -0.2) is 24.3 Å². The van der Waals surface area contributed by atoms with Gasteiger partial charge in [-0.25, -0.2) is 4.21 Å². The molecular formula is C2H4NO4S-. The van der Waals surface area contributed by atoms with Crippen LogP contribution in [0.5, 0.6) is 0 Å². The third kappa shape index (κ3) is 2.01. The van der Waals surface area contributed by atoms with Crippen molar-refractivity contribution in [2.45, 2.75) is 6.92 Å². The summed E-state index contributed by atoms with van der Waals surface area (Å²) in [7, 11) is 0. The summed E-state index contributed by atoms with van der Waals surface area (Å²) in [5.74, 6) is -0.932. The molecule has 0 aliphatic rings. The molecule has 0 saturated carbocycles. The van der Waals surface area contributed by atoms with Gasteiger partial charge in [0.15, 0.2) is 0 Å². The van der Waals surface area contributed by atoms with Crippen molar-refractivity contribution >= 4 is 17.2 Å². The largest absolute Gasteiger partial charge is 0.753 e. The molecule has 6 heteroatoms. The molecule has 48 valence electrons. The van der Waals surface area contributed by atoms with Gasteiger partial charge in [-0.3, -0.25) is 10.0 Å². The van der Waals surface area contributed by atoms with Crippen molar-refractivity contribution in [3.05, 3.63) is 0 Å². The Morgan fingerprint density at radius 2 is 2.25 bits per heavy atom. The molecule has 0 spiro atoms. The highest BCUT2D eigenvalue weighted by molar-refractivity contribution is 7.77. The van der Waals surface area contributed by atoms with E-state index in [1.165, 1.54) is 0 Å². The van der Waals surface area contributed by atoms with Gasteiger partial charge in [0.25, 0.3) is 5.91 Å². The van der Waals surface area contributed by atoms with Gasteiger partial charge in [-0.05, 0) is 0 Å². The molecule has 0 aromatic rings. The van der Waals surface area contributed by atoms with E-state index in [0.29, 0.717) is 0 Å². The van der Waals surface area contributed by atoms with Crippen LogP contribution in [-0.2, 0) is 16.1 Å². The molecule has 1 atom stereocenters. The van der Waals surface area contributed by atoms with Crippen LogP contribution >= 0.6 is 0 Å². The second-order valence-electron chi connectivity index (χ2n) is 1.01. The van der Waals surface area contributed by atoms with Gasteiger partial charge in [-0.2, -0.15) is 0 Å². The van der Waals surface area contributed by atoms with Crippen molar-refractivity contribution < 1.29 is 18.8 Å². The first kappa shape index (κ1) is 7.54. The van der Waals surface area contributed by atoms with Crippen LogP contribution in [0.3, 0.4) is 0 Å². The monoisotopic (exact) mass is 138 g/mol. The van der Waals surface area contributed by atoms with Crippen LogP contribution in [0.2, 0.25) is 0 Å². The second-order valence-corrected chi connectivity index (χ2v) is 1.79. The molecule has 0 bridgehead atoms. The Balaban J connectivity index is 3.83. The van der Waals surface area contributed by atoms with E-state index in [0.717, 1.165) is 6.92 Å². The smallest absolute Gasteiger partial charge is 0.254 e. The Morgan fingerprint density at radius 3 is 2.25 bits per heavy atom. The standard InChI is InChI=1S/C2H5NO4S/c1-2(4)3(5)8(6)7/h5H,1H3,(H,6,7)/p-1. The lowest BCUT2D eigenvalue weighted by Gasteiger charge is -2.12. The maximum absolute atomic E-state index is 9.87.